The molecule has 0 bridgehead atoms. The molecule has 3 N–H and O–H groups in total. The Kier molecular flexibility index (Phi) is 3.86. The van der Waals surface area contributed by atoms with Crippen molar-refractivity contribution in [3.05, 3.63) is 29.8 Å². The van der Waals surface area contributed by atoms with Crippen molar-refractivity contribution in [1.29, 1.82) is 5.26 Å². The van der Waals surface area contributed by atoms with Gasteiger partial charge in [0.05, 0.1) is 11.6 Å². The summed E-state index contributed by atoms with van der Waals surface area (Å²) in [7, 11) is 1.77. The minimum atomic E-state index is -0.390. The number of carbonyl (C=O) groups excluding carboxylic acids is 1. The van der Waals surface area contributed by atoms with Crippen molar-refractivity contribution >= 4 is 11.6 Å². The van der Waals surface area contributed by atoms with Crippen molar-refractivity contribution in [3.63, 3.8) is 0 Å². The number of nitrogens with one attached hydrogen (secondary N) is 1. The van der Waals surface area contributed by atoms with Crippen LogP contribution in [-0.4, -0.2) is 19.0 Å². The first kappa shape index (κ1) is 12.0. The Morgan fingerprint density at radius 1 is 1.62 bits per heavy atom. The van der Waals surface area contributed by atoms with Gasteiger partial charge in [0.25, 0.3) is 5.91 Å². The molecule has 1 amide bonds. The van der Waals surface area contributed by atoms with Crippen molar-refractivity contribution in [2.75, 3.05) is 11.9 Å². The van der Waals surface area contributed by atoms with E-state index in [9.17, 15) is 4.79 Å². The maximum atomic E-state index is 11.3. The summed E-state index contributed by atoms with van der Waals surface area (Å²) in [5.74, 6) is 4.79. The van der Waals surface area contributed by atoms with Crippen LogP contribution in [0.1, 0.15) is 12.5 Å². The fourth-order valence-corrected chi connectivity index (χ4v) is 1.31. The molecule has 16 heavy (non-hydrogen) atoms. The first-order valence-electron chi connectivity index (χ1n) is 4.83. The standard InChI is InChI=1S/C11H14N4O/c1-8(11(16)14-13)15(2)10-5-3-4-9(6-10)7-12/h3-6,8H,13H2,1-2H3,(H,14,16). The predicted molar refractivity (Wildman–Crippen MR) is 61.4 cm³/mol. The maximum absolute atomic E-state index is 11.3. The summed E-state index contributed by atoms with van der Waals surface area (Å²) in [6, 6.07) is 8.71. The monoisotopic (exact) mass is 218 g/mol. The maximum Gasteiger partial charge on any atom is 0.256 e. The molecule has 1 aromatic carbocycles. The molecule has 0 aliphatic rings. The molecule has 0 saturated carbocycles. The average molecular weight is 218 g/mol. The largest absolute Gasteiger partial charge is 0.363 e. The van der Waals surface area contributed by atoms with E-state index < -0.39 is 0 Å². The molecule has 84 valence electrons. The first-order valence-corrected chi connectivity index (χ1v) is 4.83. The summed E-state index contributed by atoms with van der Waals surface area (Å²) in [5.41, 5.74) is 3.46. The second-order valence-corrected chi connectivity index (χ2v) is 3.46. The lowest BCUT2D eigenvalue weighted by molar-refractivity contribution is -0.122. The fraction of sp³-hybridized carbons (Fsp3) is 0.273. The highest BCUT2D eigenvalue weighted by atomic mass is 16.2. The topological polar surface area (TPSA) is 82.2 Å². The molecule has 0 aromatic heterocycles. The summed E-state index contributed by atoms with van der Waals surface area (Å²) in [6.45, 7) is 1.74. The van der Waals surface area contributed by atoms with E-state index in [1.807, 2.05) is 6.07 Å². The number of hydrogen-bond donors (Lipinski definition) is 2. The lowest BCUT2D eigenvalue weighted by atomic mass is 10.2. The van der Waals surface area contributed by atoms with Crippen LogP contribution in [0.4, 0.5) is 5.69 Å². The van der Waals surface area contributed by atoms with E-state index in [0.29, 0.717) is 5.56 Å². The number of nitrogens with zero attached hydrogens (tertiary/aromatic N) is 2. The molecule has 0 saturated heterocycles. The van der Waals surface area contributed by atoms with Gasteiger partial charge in [0.2, 0.25) is 0 Å². The van der Waals surface area contributed by atoms with Gasteiger partial charge in [0.15, 0.2) is 0 Å². The number of anilines is 1. The third-order valence-electron chi connectivity index (χ3n) is 2.49. The molecule has 0 spiro atoms. The molecule has 0 aliphatic heterocycles. The zero-order chi connectivity index (χ0) is 12.1. The van der Waals surface area contributed by atoms with Crippen LogP contribution in [0.3, 0.4) is 0 Å². The number of likely N-dealkylation sites (N-methyl/N-ethyl adjacent to an activating group) is 1. The van der Waals surface area contributed by atoms with Crippen molar-refractivity contribution in [1.82, 2.24) is 5.43 Å². The number of nitriles is 1. The molecule has 0 heterocycles. The van der Waals surface area contributed by atoms with E-state index in [-0.39, 0.29) is 11.9 Å². The van der Waals surface area contributed by atoms with Crippen molar-refractivity contribution in [2.24, 2.45) is 5.84 Å². The summed E-state index contributed by atoms with van der Waals surface area (Å²) in [5, 5.41) is 8.77. The van der Waals surface area contributed by atoms with Crippen LogP contribution in [0.2, 0.25) is 0 Å². The van der Waals surface area contributed by atoms with Gasteiger partial charge in [-0.1, -0.05) is 6.07 Å². The van der Waals surface area contributed by atoms with Crippen LogP contribution in [0, 0.1) is 11.3 Å². The molecule has 0 radical (unpaired) electrons. The fourth-order valence-electron chi connectivity index (χ4n) is 1.31. The highest BCUT2D eigenvalue weighted by Crippen LogP contribution is 2.16. The second-order valence-electron chi connectivity index (χ2n) is 3.46. The van der Waals surface area contributed by atoms with Crippen LogP contribution >= 0.6 is 0 Å². The SMILES string of the molecule is CC(C(=O)NN)N(C)c1cccc(C#N)c1. The van der Waals surface area contributed by atoms with Gasteiger partial charge >= 0.3 is 0 Å². The van der Waals surface area contributed by atoms with Crippen LogP contribution in [0.25, 0.3) is 0 Å². The number of carbonyl (C=O) groups is 1. The third-order valence-corrected chi connectivity index (χ3v) is 2.49. The van der Waals surface area contributed by atoms with Crippen molar-refractivity contribution < 1.29 is 4.79 Å². The van der Waals surface area contributed by atoms with Gasteiger partial charge in [-0.05, 0) is 25.1 Å². The van der Waals surface area contributed by atoms with E-state index in [1.54, 1.807) is 37.1 Å². The molecule has 1 atom stereocenters. The first-order chi connectivity index (χ1) is 7.60. The average Bonchev–Trinajstić information content (AvgIpc) is 2.36. The lowest BCUT2D eigenvalue weighted by Crippen LogP contribution is -2.46. The van der Waals surface area contributed by atoms with Crippen LogP contribution in [-0.2, 0) is 4.79 Å². The Hall–Kier alpha value is -2.06. The van der Waals surface area contributed by atoms with Gasteiger partial charge in [0.1, 0.15) is 6.04 Å². The number of nitrogens with two attached hydrogens (primary N) is 1. The van der Waals surface area contributed by atoms with Crippen molar-refractivity contribution in [2.45, 2.75) is 13.0 Å². The number of hydrazine groups is 1. The number of hydrogen-bond acceptors (Lipinski definition) is 4. The highest BCUT2D eigenvalue weighted by molar-refractivity contribution is 5.84. The highest BCUT2D eigenvalue weighted by Gasteiger charge is 2.17. The molecular formula is C11H14N4O. The Morgan fingerprint density at radius 2 is 2.31 bits per heavy atom. The summed E-state index contributed by atoms with van der Waals surface area (Å²) in [6.07, 6.45) is 0. The Balaban J connectivity index is 2.92. The van der Waals surface area contributed by atoms with Crippen LogP contribution in [0.15, 0.2) is 24.3 Å². The van der Waals surface area contributed by atoms with Gasteiger partial charge in [-0.15, -0.1) is 0 Å². The zero-order valence-corrected chi connectivity index (χ0v) is 9.27. The number of amides is 1. The Bertz CT molecular complexity index is 424. The number of rotatable bonds is 3. The molecule has 1 aromatic rings. The molecule has 0 fully saturated rings. The summed E-state index contributed by atoms with van der Waals surface area (Å²) < 4.78 is 0. The lowest BCUT2D eigenvalue weighted by Gasteiger charge is -2.25. The van der Waals surface area contributed by atoms with E-state index in [1.165, 1.54) is 0 Å². The second kappa shape index (κ2) is 5.14. The molecule has 1 rings (SSSR count). The third kappa shape index (κ3) is 2.49. The molecule has 0 aliphatic carbocycles. The minimum Gasteiger partial charge on any atom is -0.363 e. The van der Waals surface area contributed by atoms with E-state index in [4.69, 9.17) is 11.1 Å². The molecule has 5 nitrogen and oxygen atoms in total. The van der Waals surface area contributed by atoms with Gasteiger partial charge in [0, 0.05) is 12.7 Å². The van der Waals surface area contributed by atoms with Gasteiger partial charge in [-0.2, -0.15) is 5.26 Å². The van der Waals surface area contributed by atoms with E-state index >= 15 is 0 Å². The smallest absolute Gasteiger partial charge is 0.256 e. The van der Waals surface area contributed by atoms with Gasteiger partial charge in [-0.25, -0.2) is 5.84 Å². The normalized spacial score (nSPS) is 11.4. The van der Waals surface area contributed by atoms with E-state index in [2.05, 4.69) is 11.5 Å². The number of benzene rings is 1. The molecular weight excluding hydrogens is 204 g/mol. The van der Waals surface area contributed by atoms with Crippen LogP contribution < -0.4 is 16.2 Å². The van der Waals surface area contributed by atoms with E-state index in [0.717, 1.165) is 5.69 Å². The molecule has 1 unspecified atom stereocenters. The summed E-state index contributed by atoms with van der Waals surface area (Å²) >= 11 is 0. The minimum absolute atomic E-state index is 0.273. The quantitative estimate of drug-likeness (QED) is 0.436. The predicted octanol–water partition coefficient (Wildman–Crippen LogP) is 0.373. The van der Waals surface area contributed by atoms with Gasteiger partial charge < -0.3 is 4.90 Å². The molecule has 5 heteroatoms. The Morgan fingerprint density at radius 3 is 2.88 bits per heavy atom. The zero-order valence-electron chi connectivity index (χ0n) is 9.27. The summed E-state index contributed by atoms with van der Waals surface area (Å²) in [4.78, 5) is 13.1. The Labute approximate surface area is 94.4 Å². The van der Waals surface area contributed by atoms with Crippen LogP contribution in [0.5, 0.6) is 0 Å². The van der Waals surface area contributed by atoms with Gasteiger partial charge in [-0.3, -0.25) is 10.2 Å². The van der Waals surface area contributed by atoms with Crippen molar-refractivity contribution in [3.8, 4) is 6.07 Å².